The molecule has 5 heteroatoms. The van der Waals surface area contributed by atoms with Gasteiger partial charge in [0.2, 0.25) is 0 Å². The predicted molar refractivity (Wildman–Crippen MR) is 84.7 cm³/mol. The molecule has 110 valence electrons. The van der Waals surface area contributed by atoms with Gasteiger partial charge in [-0.3, -0.25) is 4.99 Å². The van der Waals surface area contributed by atoms with Gasteiger partial charge in [-0.1, -0.05) is 30.3 Å². The van der Waals surface area contributed by atoms with E-state index >= 15 is 0 Å². The Morgan fingerprint density at radius 3 is 2.60 bits per heavy atom. The zero-order valence-corrected chi connectivity index (χ0v) is 13.2. The van der Waals surface area contributed by atoms with Gasteiger partial charge in [0.25, 0.3) is 0 Å². The first-order valence-corrected chi connectivity index (χ1v) is 9.84. The largest absolute Gasteiger partial charge is 0.393 e. The third-order valence-corrected chi connectivity index (χ3v) is 6.22. The molecule has 0 unspecified atom stereocenters. The topological polar surface area (TPSA) is 42.8 Å². The minimum Gasteiger partial charge on any atom is -0.393 e. The van der Waals surface area contributed by atoms with Crippen molar-refractivity contribution in [2.24, 2.45) is 4.99 Å². The smallest absolute Gasteiger partial charge is 0.335 e. The van der Waals surface area contributed by atoms with E-state index in [1.807, 2.05) is 24.4 Å². The van der Waals surface area contributed by atoms with Crippen molar-refractivity contribution in [2.75, 3.05) is 32.8 Å². The van der Waals surface area contributed by atoms with Crippen LogP contribution in [0.4, 0.5) is 0 Å². The first kappa shape index (κ1) is 15.4. The van der Waals surface area contributed by atoms with E-state index in [4.69, 9.17) is 8.85 Å². The van der Waals surface area contributed by atoms with Crippen LogP contribution in [-0.2, 0) is 8.85 Å². The summed E-state index contributed by atoms with van der Waals surface area (Å²) in [5, 5.41) is 3.27. The molecule has 0 aliphatic carbocycles. The second-order valence-corrected chi connectivity index (χ2v) is 8.48. The molecule has 1 aromatic carbocycles. The Labute approximate surface area is 122 Å². The highest BCUT2D eigenvalue weighted by Gasteiger charge is 2.31. The van der Waals surface area contributed by atoms with Crippen molar-refractivity contribution in [2.45, 2.75) is 19.0 Å². The number of hydrogen-bond donors (Lipinski definition) is 1. The van der Waals surface area contributed by atoms with Crippen molar-refractivity contribution in [1.29, 1.82) is 0 Å². The number of aliphatic imine (C=N–C) groups is 1. The van der Waals surface area contributed by atoms with Gasteiger partial charge in [0.1, 0.15) is 0 Å². The summed E-state index contributed by atoms with van der Waals surface area (Å²) in [5.41, 5.74) is 1.15. The molecule has 0 spiro atoms. The van der Waals surface area contributed by atoms with Gasteiger partial charge in [-0.15, -0.1) is 0 Å². The minimum absolute atomic E-state index is 0.760. The van der Waals surface area contributed by atoms with Crippen LogP contribution in [0.2, 0.25) is 12.6 Å². The Kier molecular flexibility index (Phi) is 6.39. The molecule has 0 amide bonds. The molecule has 1 aromatic rings. The zero-order chi connectivity index (χ0) is 14.1. The van der Waals surface area contributed by atoms with Gasteiger partial charge >= 0.3 is 8.56 Å². The highest BCUT2D eigenvalue weighted by atomic mass is 28.4. The lowest BCUT2D eigenvalue weighted by molar-refractivity contribution is 0.155. The summed E-state index contributed by atoms with van der Waals surface area (Å²) in [6.07, 6.45) is 2.97. The summed E-state index contributed by atoms with van der Waals surface area (Å²) in [6.45, 7) is 6.38. The van der Waals surface area contributed by atoms with Crippen molar-refractivity contribution in [3.05, 3.63) is 35.9 Å². The summed E-state index contributed by atoms with van der Waals surface area (Å²) in [7, 11) is -1.96. The maximum Gasteiger partial charge on any atom is 0.335 e. The number of nitrogens with zero attached hydrogens (tertiary/aromatic N) is 1. The minimum atomic E-state index is -1.96. The van der Waals surface area contributed by atoms with Gasteiger partial charge < -0.3 is 14.2 Å². The van der Waals surface area contributed by atoms with Gasteiger partial charge in [-0.2, -0.15) is 0 Å². The second kappa shape index (κ2) is 8.31. The van der Waals surface area contributed by atoms with E-state index in [1.54, 1.807) is 0 Å². The molecule has 1 heterocycles. The zero-order valence-electron chi connectivity index (χ0n) is 12.2. The fourth-order valence-electron chi connectivity index (χ4n) is 2.19. The lowest BCUT2D eigenvalue weighted by atomic mass is 10.2. The Morgan fingerprint density at radius 2 is 1.90 bits per heavy atom. The first-order valence-electron chi connectivity index (χ1n) is 7.32. The summed E-state index contributed by atoms with van der Waals surface area (Å²) in [5.74, 6) is 0. The van der Waals surface area contributed by atoms with Crippen LogP contribution < -0.4 is 5.32 Å². The summed E-state index contributed by atoms with van der Waals surface area (Å²) in [4.78, 5) is 4.47. The Hall–Kier alpha value is -1.01. The molecule has 0 bridgehead atoms. The average Bonchev–Trinajstić information content (AvgIpc) is 2.44. The molecular formula is C15H24N2O2Si. The van der Waals surface area contributed by atoms with Crippen LogP contribution in [0.5, 0.6) is 0 Å². The van der Waals surface area contributed by atoms with Crippen LogP contribution in [0.25, 0.3) is 0 Å². The normalized spacial score (nSPS) is 19.6. The molecule has 1 N–H and O–H groups in total. The van der Waals surface area contributed by atoms with Crippen molar-refractivity contribution in [3.63, 3.8) is 0 Å². The first-order chi connectivity index (χ1) is 9.79. The van der Waals surface area contributed by atoms with E-state index in [0.717, 1.165) is 50.9 Å². The molecule has 1 aliphatic rings. The van der Waals surface area contributed by atoms with Gasteiger partial charge in [0.05, 0.1) is 0 Å². The fourth-order valence-corrected chi connectivity index (χ4v) is 4.43. The third-order valence-electron chi connectivity index (χ3n) is 3.33. The maximum absolute atomic E-state index is 5.94. The van der Waals surface area contributed by atoms with Crippen molar-refractivity contribution in [3.8, 4) is 0 Å². The second-order valence-electron chi connectivity index (χ2n) is 5.13. The van der Waals surface area contributed by atoms with Crippen molar-refractivity contribution >= 4 is 14.8 Å². The third kappa shape index (κ3) is 5.54. The molecule has 0 radical (unpaired) electrons. The van der Waals surface area contributed by atoms with Crippen LogP contribution in [0.3, 0.4) is 0 Å². The average molecular weight is 292 g/mol. The van der Waals surface area contributed by atoms with Crippen LogP contribution >= 0.6 is 0 Å². The van der Waals surface area contributed by atoms with E-state index in [-0.39, 0.29) is 0 Å². The summed E-state index contributed by atoms with van der Waals surface area (Å²) in [6, 6.07) is 11.2. The standard InChI is InChI=1S/C15H24N2O2Si/c1-20(18-11-9-16-10-12-19-20)13-5-8-17-14-15-6-3-2-4-7-15/h2-4,6-7,14,16H,5,8-13H2,1H3. The molecular weight excluding hydrogens is 268 g/mol. The molecule has 4 nitrogen and oxygen atoms in total. The SMILES string of the molecule is C[Si]1(CCCN=Cc2ccccc2)OCCNCCO1. The Balaban J connectivity index is 1.70. The number of benzene rings is 1. The number of nitrogens with one attached hydrogen (secondary N) is 1. The molecule has 1 fully saturated rings. The van der Waals surface area contributed by atoms with E-state index < -0.39 is 8.56 Å². The highest BCUT2D eigenvalue weighted by molar-refractivity contribution is 6.66. The van der Waals surface area contributed by atoms with Gasteiger partial charge in [-0.25, -0.2) is 0 Å². The maximum atomic E-state index is 5.94. The predicted octanol–water partition coefficient (Wildman–Crippen LogP) is 2.20. The molecule has 0 saturated carbocycles. The van der Waals surface area contributed by atoms with Crippen LogP contribution in [0, 0.1) is 0 Å². The van der Waals surface area contributed by atoms with E-state index in [0.29, 0.717) is 0 Å². The van der Waals surface area contributed by atoms with Crippen LogP contribution in [-0.4, -0.2) is 47.6 Å². The van der Waals surface area contributed by atoms with E-state index in [1.165, 1.54) is 0 Å². The van der Waals surface area contributed by atoms with Gasteiger partial charge in [0, 0.05) is 39.1 Å². The van der Waals surface area contributed by atoms with Gasteiger partial charge in [0.15, 0.2) is 0 Å². The van der Waals surface area contributed by atoms with Crippen molar-refractivity contribution < 1.29 is 8.85 Å². The van der Waals surface area contributed by atoms with Crippen molar-refractivity contribution in [1.82, 2.24) is 5.32 Å². The number of hydrogen-bond acceptors (Lipinski definition) is 4. The lowest BCUT2D eigenvalue weighted by Gasteiger charge is -2.29. The molecule has 1 aliphatic heterocycles. The Morgan fingerprint density at radius 1 is 1.20 bits per heavy atom. The van der Waals surface area contributed by atoms with E-state index in [2.05, 4.69) is 29.0 Å². The summed E-state index contributed by atoms with van der Waals surface area (Å²) >= 11 is 0. The van der Waals surface area contributed by atoms with Crippen LogP contribution in [0.1, 0.15) is 12.0 Å². The van der Waals surface area contributed by atoms with Crippen LogP contribution in [0.15, 0.2) is 35.3 Å². The Bertz CT molecular complexity index is 404. The summed E-state index contributed by atoms with van der Waals surface area (Å²) < 4.78 is 11.9. The monoisotopic (exact) mass is 292 g/mol. The van der Waals surface area contributed by atoms with E-state index in [9.17, 15) is 0 Å². The quantitative estimate of drug-likeness (QED) is 0.514. The molecule has 2 rings (SSSR count). The fraction of sp³-hybridized carbons (Fsp3) is 0.533. The highest BCUT2D eigenvalue weighted by Crippen LogP contribution is 2.16. The lowest BCUT2D eigenvalue weighted by Crippen LogP contribution is -2.45. The number of rotatable bonds is 5. The molecule has 1 saturated heterocycles. The van der Waals surface area contributed by atoms with Gasteiger partial charge in [-0.05, 0) is 24.6 Å². The molecule has 20 heavy (non-hydrogen) atoms. The molecule has 0 atom stereocenters. The molecule has 0 aromatic heterocycles.